The summed E-state index contributed by atoms with van der Waals surface area (Å²) in [7, 11) is 1.80. The van der Waals surface area contributed by atoms with E-state index >= 15 is 0 Å². The molecule has 1 aromatic carbocycles. The Bertz CT molecular complexity index is 934. The molecule has 1 aromatic heterocycles. The van der Waals surface area contributed by atoms with E-state index in [0.717, 1.165) is 0 Å². The number of fused-ring (bicyclic) bond motifs is 6. The van der Waals surface area contributed by atoms with Crippen LogP contribution in [0.2, 0.25) is 0 Å². The Kier molecular flexibility index (Phi) is 5.30. The third-order valence-corrected chi connectivity index (χ3v) is 5.39. The lowest BCUT2D eigenvalue weighted by molar-refractivity contribution is -0.383. The van der Waals surface area contributed by atoms with Crippen molar-refractivity contribution in [3.63, 3.8) is 0 Å². The van der Waals surface area contributed by atoms with Gasteiger partial charge in [-0.3, -0.25) is 14.9 Å². The number of likely N-dealkylation sites (N-methyl/N-ethyl adjacent to an activating group) is 1. The van der Waals surface area contributed by atoms with Crippen LogP contribution in [0.5, 0.6) is 0 Å². The molecule has 0 saturated carbocycles. The fraction of sp³-hybridized carbons (Fsp3) is 0.400. The monoisotopic (exact) mass is 396 g/mol. The molecule has 1 saturated heterocycles. The number of anilines is 2. The minimum Gasteiger partial charge on any atom is -0.379 e. The van der Waals surface area contributed by atoms with Gasteiger partial charge in [0, 0.05) is 44.4 Å². The lowest BCUT2D eigenvalue weighted by atomic mass is 10.1. The highest BCUT2D eigenvalue weighted by Gasteiger charge is 2.31. The number of hydrogen-bond acceptors (Lipinski definition) is 7. The Morgan fingerprint density at radius 2 is 2.07 bits per heavy atom. The third-order valence-electron chi connectivity index (χ3n) is 5.39. The minimum atomic E-state index is -0.387. The van der Waals surface area contributed by atoms with Gasteiger partial charge in [0.05, 0.1) is 16.7 Å². The summed E-state index contributed by atoms with van der Waals surface area (Å²) >= 11 is 0. The smallest absolute Gasteiger partial charge is 0.293 e. The zero-order chi connectivity index (χ0) is 20.4. The largest absolute Gasteiger partial charge is 0.379 e. The van der Waals surface area contributed by atoms with E-state index in [0.29, 0.717) is 55.2 Å². The summed E-state index contributed by atoms with van der Waals surface area (Å²) in [5.74, 6) is 0.750. The predicted octanol–water partition coefficient (Wildman–Crippen LogP) is 2.07. The lowest BCUT2D eigenvalue weighted by Gasteiger charge is -2.21. The Morgan fingerprint density at radius 1 is 1.24 bits per heavy atom. The van der Waals surface area contributed by atoms with Crippen LogP contribution in [-0.4, -0.2) is 59.5 Å². The van der Waals surface area contributed by atoms with Crippen molar-refractivity contribution in [3.05, 3.63) is 46.5 Å². The number of nitrogens with zero attached hydrogens (tertiary/aromatic N) is 3. The number of amides is 1. The molecule has 2 aliphatic heterocycles. The van der Waals surface area contributed by atoms with Gasteiger partial charge in [-0.1, -0.05) is 18.2 Å². The summed E-state index contributed by atoms with van der Waals surface area (Å²) < 4.78 is 0. The van der Waals surface area contributed by atoms with E-state index in [2.05, 4.69) is 20.9 Å². The standard InChI is InChI=1S/C20H24N6O3/c1-25-10-4-9-21-19-14(5-2-7-17(19)26(28)29)15-6-3-8-18(24-15)23-13-11-16(20(25)27)22-12-13/h2-3,5-8,13,16,21-22H,4,9-12H2,1H3,(H,23,24)/t13-,16-/m0/s1. The Labute approximate surface area is 168 Å². The molecule has 4 rings (SSSR count). The van der Waals surface area contributed by atoms with E-state index in [1.807, 2.05) is 24.3 Å². The van der Waals surface area contributed by atoms with E-state index in [4.69, 9.17) is 0 Å². The Morgan fingerprint density at radius 3 is 2.90 bits per heavy atom. The summed E-state index contributed by atoms with van der Waals surface area (Å²) in [6.45, 7) is 1.76. The van der Waals surface area contributed by atoms with Crippen LogP contribution >= 0.6 is 0 Å². The fourth-order valence-electron chi connectivity index (χ4n) is 3.91. The van der Waals surface area contributed by atoms with Gasteiger partial charge >= 0.3 is 0 Å². The van der Waals surface area contributed by atoms with Crippen LogP contribution in [-0.2, 0) is 4.79 Å². The molecule has 9 heteroatoms. The first kappa shape index (κ1) is 19.1. The van der Waals surface area contributed by atoms with Crippen LogP contribution in [0.25, 0.3) is 11.3 Å². The molecule has 2 atom stereocenters. The molecule has 3 heterocycles. The van der Waals surface area contributed by atoms with Crippen molar-refractivity contribution in [1.29, 1.82) is 0 Å². The molecule has 0 spiro atoms. The summed E-state index contributed by atoms with van der Waals surface area (Å²) in [5.41, 5.74) is 1.81. The number of para-hydroxylation sites is 1. The van der Waals surface area contributed by atoms with Gasteiger partial charge in [-0.25, -0.2) is 4.98 Å². The molecule has 152 valence electrons. The van der Waals surface area contributed by atoms with Gasteiger partial charge in [-0.2, -0.15) is 0 Å². The van der Waals surface area contributed by atoms with E-state index in [-0.39, 0.29) is 28.6 Å². The first-order valence-corrected chi connectivity index (χ1v) is 9.76. The SMILES string of the molecule is CN1CCCNc2c(cccc2[N+](=O)[O-])-c2cccc(n2)N[C@@H]2CN[C@@H](C2)C1=O. The number of carbonyl (C=O) groups excluding carboxylic acids is 1. The van der Waals surface area contributed by atoms with E-state index in [9.17, 15) is 14.9 Å². The average Bonchev–Trinajstić information content (AvgIpc) is 3.18. The van der Waals surface area contributed by atoms with E-state index < -0.39 is 0 Å². The van der Waals surface area contributed by atoms with Crippen molar-refractivity contribution in [2.75, 3.05) is 37.3 Å². The Hall–Kier alpha value is -3.20. The minimum absolute atomic E-state index is 0.0136. The number of pyridine rings is 1. The third kappa shape index (κ3) is 4.00. The second kappa shape index (κ2) is 8.04. The zero-order valence-electron chi connectivity index (χ0n) is 16.2. The molecular formula is C20H24N6O3. The van der Waals surface area contributed by atoms with Crippen molar-refractivity contribution >= 4 is 23.1 Å². The molecule has 3 N–H and O–H groups in total. The molecule has 4 bridgehead atoms. The predicted molar refractivity (Wildman–Crippen MR) is 111 cm³/mol. The van der Waals surface area contributed by atoms with E-state index in [1.54, 1.807) is 18.0 Å². The van der Waals surface area contributed by atoms with Crippen molar-refractivity contribution in [2.24, 2.45) is 0 Å². The average molecular weight is 396 g/mol. The molecule has 29 heavy (non-hydrogen) atoms. The zero-order valence-corrected chi connectivity index (χ0v) is 16.2. The highest BCUT2D eigenvalue weighted by Crippen LogP contribution is 2.35. The maximum atomic E-state index is 12.7. The lowest BCUT2D eigenvalue weighted by Crippen LogP contribution is -2.42. The van der Waals surface area contributed by atoms with Crippen LogP contribution in [0.4, 0.5) is 17.2 Å². The van der Waals surface area contributed by atoms with Gasteiger partial charge in [0.25, 0.3) is 5.69 Å². The number of nitro groups is 1. The quantitative estimate of drug-likeness (QED) is 0.500. The van der Waals surface area contributed by atoms with Crippen molar-refractivity contribution in [1.82, 2.24) is 15.2 Å². The first-order valence-electron chi connectivity index (χ1n) is 9.76. The topological polar surface area (TPSA) is 112 Å². The number of nitro benzene ring substituents is 1. The number of benzene rings is 1. The number of rotatable bonds is 1. The van der Waals surface area contributed by atoms with Gasteiger partial charge < -0.3 is 20.9 Å². The molecule has 2 aromatic rings. The van der Waals surface area contributed by atoms with Crippen LogP contribution in [0.3, 0.4) is 0 Å². The first-order chi connectivity index (χ1) is 14.0. The molecule has 1 amide bonds. The summed E-state index contributed by atoms with van der Waals surface area (Å²) in [5, 5.41) is 21.5. The van der Waals surface area contributed by atoms with Gasteiger partial charge in [0.15, 0.2) is 0 Å². The normalized spacial score (nSPS) is 22.0. The molecule has 9 nitrogen and oxygen atoms in total. The summed E-state index contributed by atoms with van der Waals surface area (Å²) in [6.07, 6.45) is 1.37. The summed E-state index contributed by atoms with van der Waals surface area (Å²) in [4.78, 5) is 30.3. The van der Waals surface area contributed by atoms with Crippen LogP contribution in [0.15, 0.2) is 36.4 Å². The van der Waals surface area contributed by atoms with Gasteiger partial charge in [0.2, 0.25) is 5.91 Å². The maximum Gasteiger partial charge on any atom is 0.293 e. The number of nitrogens with one attached hydrogen (secondary N) is 3. The second-order valence-electron chi connectivity index (χ2n) is 7.44. The highest BCUT2D eigenvalue weighted by molar-refractivity contribution is 5.84. The van der Waals surface area contributed by atoms with Gasteiger partial charge in [-0.15, -0.1) is 0 Å². The summed E-state index contributed by atoms with van der Waals surface area (Å²) in [6, 6.07) is 10.5. The highest BCUT2D eigenvalue weighted by atomic mass is 16.6. The Balaban J connectivity index is 1.73. The number of aromatic nitrogens is 1. The van der Waals surface area contributed by atoms with E-state index in [1.165, 1.54) is 6.07 Å². The van der Waals surface area contributed by atoms with Crippen LogP contribution in [0.1, 0.15) is 12.8 Å². The maximum absolute atomic E-state index is 12.7. The molecule has 1 fully saturated rings. The number of hydrogen-bond donors (Lipinski definition) is 3. The van der Waals surface area contributed by atoms with Crippen LogP contribution in [0, 0.1) is 10.1 Å². The number of carbonyl (C=O) groups is 1. The fourth-order valence-corrected chi connectivity index (χ4v) is 3.91. The molecule has 0 radical (unpaired) electrons. The molecular weight excluding hydrogens is 372 g/mol. The molecule has 0 aliphatic carbocycles. The van der Waals surface area contributed by atoms with Crippen molar-refractivity contribution in [3.8, 4) is 11.3 Å². The van der Waals surface area contributed by atoms with Gasteiger partial charge in [-0.05, 0) is 25.0 Å². The van der Waals surface area contributed by atoms with Crippen molar-refractivity contribution in [2.45, 2.75) is 24.9 Å². The van der Waals surface area contributed by atoms with Crippen LogP contribution < -0.4 is 16.0 Å². The molecule has 2 aliphatic rings. The second-order valence-corrected chi connectivity index (χ2v) is 7.44. The van der Waals surface area contributed by atoms with Crippen molar-refractivity contribution < 1.29 is 9.72 Å². The molecule has 0 unspecified atom stereocenters. The van der Waals surface area contributed by atoms with Gasteiger partial charge in [0.1, 0.15) is 11.5 Å².